The Morgan fingerprint density at radius 3 is 3.17 bits per heavy atom. The standard InChI is InChI=1S/C6H6BClFNOS/c8-4-2-12-5(1-9)6(4)10-7-3-11/h2-3,7,10H,1H2. The highest BCUT2D eigenvalue weighted by atomic mass is 35.5. The second-order valence-corrected chi connectivity index (χ2v) is 3.43. The summed E-state index contributed by atoms with van der Waals surface area (Å²) in [7, 11) is 0.156. The molecule has 0 aromatic carbocycles. The normalized spacial score (nSPS) is 9.50. The molecule has 0 aliphatic rings. The summed E-state index contributed by atoms with van der Waals surface area (Å²) < 4.78 is 12.2. The van der Waals surface area contributed by atoms with Crippen LogP contribution in [0.25, 0.3) is 0 Å². The maximum Gasteiger partial charge on any atom is 0.308 e. The first-order valence-electron chi connectivity index (χ1n) is 3.29. The molecule has 0 saturated heterocycles. The molecule has 0 saturated carbocycles. The first-order valence-corrected chi connectivity index (χ1v) is 4.54. The van der Waals surface area contributed by atoms with E-state index >= 15 is 0 Å². The van der Waals surface area contributed by atoms with Gasteiger partial charge in [0.1, 0.15) is 12.9 Å². The molecular formula is C6H6BClFNOS. The van der Waals surface area contributed by atoms with Gasteiger partial charge in [0, 0.05) is 5.38 Å². The number of hydrogen-bond acceptors (Lipinski definition) is 3. The lowest BCUT2D eigenvalue weighted by Gasteiger charge is -2.00. The largest absolute Gasteiger partial charge is 0.423 e. The Labute approximate surface area is 79.0 Å². The van der Waals surface area contributed by atoms with E-state index in [2.05, 4.69) is 5.23 Å². The van der Waals surface area contributed by atoms with E-state index in [0.29, 0.717) is 21.8 Å². The summed E-state index contributed by atoms with van der Waals surface area (Å²) in [4.78, 5) is 10.5. The molecule has 0 aliphatic heterocycles. The highest BCUT2D eigenvalue weighted by Crippen LogP contribution is 2.32. The zero-order chi connectivity index (χ0) is 8.97. The quantitative estimate of drug-likeness (QED) is 0.600. The van der Waals surface area contributed by atoms with Crippen molar-refractivity contribution in [1.82, 2.24) is 0 Å². The molecule has 6 heteroatoms. The Morgan fingerprint density at radius 2 is 2.58 bits per heavy atom. The minimum atomic E-state index is -0.557. The molecule has 0 aliphatic carbocycles. The number of carbonyl (C=O) groups excluding carboxylic acids is 1. The molecule has 12 heavy (non-hydrogen) atoms. The molecule has 1 aromatic rings. The molecule has 0 fully saturated rings. The third-order valence-corrected chi connectivity index (χ3v) is 2.68. The highest BCUT2D eigenvalue weighted by molar-refractivity contribution is 7.11. The number of rotatable bonds is 4. The van der Waals surface area contributed by atoms with Crippen LogP contribution in [-0.2, 0) is 11.5 Å². The molecule has 0 bridgehead atoms. The molecular weight excluding hydrogens is 199 g/mol. The van der Waals surface area contributed by atoms with Crippen LogP contribution in [0.4, 0.5) is 10.1 Å². The summed E-state index contributed by atoms with van der Waals surface area (Å²) in [6.07, 6.45) is 0.704. The molecule has 1 heterocycles. The average molecular weight is 205 g/mol. The molecule has 64 valence electrons. The van der Waals surface area contributed by atoms with E-state index in [9.17, 15) is 9.18 Å². The first kappa shape index (κ1) is 9.54. The molecule has 0 radical (unpaired) electrons. The van der Waals surface area contributed by atoms with Crippen molar-refractivity contribution < 1.29 is 9.18 Å². The fourth-order valence-electron chi connectivity index (χ4n) is 0.799. The van der Waals surface area contributed by atoms with Crippen LogP contribution in [-0.4, -0.2) is 13.6 Å². The lowest BCUT2D eigenvalue weighted by molar-refractivity contribution is 0.492. The van der Waals surface area contributed by atoms with Crippen molar-refractivity contribution in [3.63, 3.8) is 0 Å². The third kappa shape index (κ3) is 1.98. The Bertz CT molecular complexity index is 281. The van der Waals surface area contributed by atoms with Crippen LogP contribution < -0.4 is 5.23 Å². The summed E-state index contributed by atoms with van der Waals surface area (Å²) in [6.45, 7) is -0.557. The van der Waals surface area contributed by atoms with Gasteiger partial charge in [0.05, 0.1) is 15.6 Å². The number of nitrogens with one attached hydrogen (secondary N) is 1. The van der Waals surface area contributed by atoms with Gasteiger partial charge >= 0.3 is 7.41 Å². The van der Waals surface area contributed by atoms with E-state index < -0.39 is 6.67 Å². The van der Waals surface area contributed by atoms with Crippen molar-refractivity contribution in [2.75, 3.05) is 5.23 Å². The Kier molecular flexibility index (Phi) is 3.56. The van der Waals surface area contributed by atoms with E-state index in [-0.39, 0.29) is 7.41 Å². The summed E-state index contributed by atoms with van der Waals surface area (Å²) in [5.74, 6) is 0. The molecule has 0 unspecified atom stereocenters. The average Bonchev–Trinajstić information content (AvgIpc) is 2.43. The van der Waals surface area contributed by atoms with Gasteiger partial charge < -0.3 is 10.0 Å². The number of carbonyl (C=O) groups is 1. The number of alkyl halides is 1. The molecule has 0 atom stereocenters. The fourth-order valence-corrected chi connectivity index (χ4v) is 1.90. The predicted octanol–water partition coefficient (Wildman–Crippen LogP) is 1.82. The van der Waals surface area contributed by atoms with Crippen LogP contribution in [0.15, 0.2) is 5.38 Å². The molecule has 1 aromatic heterocycles. The SMILES string of the molecule is O=CBNc1c(Cl)csc1CF. The smallest absolute Gasteiger partial charge is 0.308 e. The van der Waals surface area contributed by atoms with Crippen LogP contribution in [0, 0.1) is 0 Å². The Hall–Kier alpha value is -0.545. The first-order chi connectivity index (χ1) is 5.79. The van der Waals surface area contributed by atoms with Crippen LogP contribution >= 0.6 is 22.9 Å². The van der Waals surface area contributed by atoms with Gasteiger partial charge in [-0.1, -0.05) is 11.6 Å². The van der Waals surface area contributed by atoms with E-state index in [1.54, 1.807) is 5.38 Å². The van der Waals surface area contributed by atoms with Crippen molar-refractivity contribution in [3.8, 4) is 0 Å². The van der Waals surface area contributed by atoms with Crippen molar-refractivity contribution >= 4 is 42.2 Å². The van der Waals surface area contributed by atoms with Gasteiger partial charge in [0.25, 0.3) is 0 Å². The molecule has 0 amide bonds. The number of halogens is 2. The third-order valence-electron chi connectivity index (χ3n) is 1.31. The van der Waals surface area contributed by atoms with Gasteiger partial charge in [-0.05, 0) is 0 Å². The van der Waals surface area contributed by atoms with Crippen molar-refractivity contribution in [1.29, 1.82) is 0 Å². The van der Waals surface area contributed by atoms with E-state index in [1.165, 1.54) is 11.3 Å². The van der Waals surface area contributed by atoms with E-state index in [4.69, 9.17) is 11.6 Å². The fraction of sp³-hybridized carbons (Fsp3) is 0.167. The summed E-state index contributed by atoms with van der Waals surface area (Å²) in [6, 6.07) is 0. The minimum Gasteiger partial charge on any atom is -0.423 e. The molecule has 1 rings (SSSR count). The Balaban J connectivity index is 2.78. The Morgan fingerprint density at radius 1 is 1.83 bits per heavy atom. The van der Waals surface area contributed by atoms with E-state index in [0.717, 1.165) is 0 Å². The topological polar surface area (TPSA) is 29.1 Å². The van der Waals surface area contributed by atoms with Crippen molar-refractivity contribution in [3.05, 3.63) is 15.3 Å². The van der Waals surface area contributed by atoms with Gasteiger partial charge in [0.15, 0.2) is 0 Å². The molecule has 2 nitrogen and oxygen atoms in total. The summed E-state index contributed by atoms with van der Waals surface area (Å²) in [5, 5.41) is 4.84. The maximum atomic E-state index is 12.2. The monoisotopic (exact) mass is 205 g/mol. The second-order valence-electron chi connectivity index (χ2n) is 2.06. The van der Waals surface area contributed by atoms with Crippen LogP contribution in [0.2, 0.25) is 5.02 Å². The molecule has 0 spiro atoms. The van der Waals surface area contributed by atoms with Crippen LogP contribution in [0.3, 0.4) is 0 Å². The zero-order valence-electron chi connectivity index (χ0n) is 6.14. The lowest BCUT2D eigenvalue weighted by atomic mass is 9.98. The van der Waals surface area contributed by atoms with Gasteiger partial charge in [-0.2, -0.15) is 0 Å². The van der Waals surface area contributed by atoms with Gasteiger partial charge in [-0.15, -0.1) is 11.3 Å². The summed E-state index contributed by atoms with van der Waals surface area (Å²) >= 11 is 6.97. The van der Waals surface area contributed by atoms with Crippen molar-refractivity contribution in [2.45, 2.75) is 6.67 Å². The number of anilines is 1. The minimum absolute atomic E-state index is 0.156. The second kappa shape index (κ2) is 4.47. The summed E-state index contributed by atoms with van der Waals surface area (Å²) in [5.41, 5.74) is 0.538. The predicted molar refractivity (Wildman–Crippen MR) is 51.7 cm³/mol. The number of thiophene rings is 1. The van der Waals surface area contributed by atoms with E-state index in [1.807, 2.05) is 0 Å². The highest BCUT2D eigenvalue weighted by Gasteiger charge is 2.08. The van der Waals surface area contributed by atoms with Gasteiger partial charge in [-0.25, -0.2) is 4.39 Å². The van der Waals surface area contributed by atoms with Crippen LogP contribution in [0.5, 0.6) is 0 Å². The number of hydrogen-bond donors (Lipinski definition) is 1. The van der Waals surface area contributed by atoms with Gasteiger partial charge in [-0.3, -0.25) is 0 Å². The van der Waals surface area contributed by atoms with Crippen molar-refractivity contribution in [2.24, 2.45) is 0 Å². The lowest BCUT2D eigenvalue weighted by Crippen LogP contribution is -2.07. The van der Waals surface area contributed by atoms with Gasteiger partial charge in [0.2, 0.25) is 0 Å². The molecule has 1 N–H and O–H groups in total. The van der Waals surface area contributed by atoms with Crippen LogP contribution in [0.1, 0.15) is 4.88 Å². The zero-order valence-corrected chi connectivity index (χ0v) is 7.71. The maximum absolute atomic E-state index is 12.2.